The van der Waals surface area contributed by atoms with E-state index in [1.165, 1.54) is 4.90 Å². The van der Waals surface area contributed by atoms with Crippen LogP contribution in [0.3, 0.4) is 0 Å². The highest BCUT2D eigenvalue weighted by molar-refractivity contribution is 7.80. The minimum atomic E-state index is -0.861. The van der Waals surface area contributed by atoms with E-state index in [1.807, 2.05) is 18.2 Å². The standard InChI is InChI=1S/C22H23N3O5S/c26-19(30-14-13-29-17-9-5-2-6-10-17)15-18-21(28)23-11-12-25(18)22(31)24-20(27)16-7-3-1-4-8-16/h1-10,18H,11-15H2,(H,23,28)(H,24,27,31). The van der Waals surface area contributed by atoms with E-state index in [0.717, 1.165) is 0 Å². The molecule has 1 heterocycles. The molecule has 0 saturated carbocycles. The number of nitrogens with zero attached hydrogens (tertiary/aromatic N) is 1. The van der Waals surface area contributed by atoms with Gasteiger partial charge in [-0.05, 0) is 36.5 Å². The monoisotopic (exact) mass is 441 g/mol. The number of hydrogen-bond donors (Lipinski definition) is 2. The van der Waals surface area contributed by atoms with Crippen molar-refractivity contribution in [2.45, 2.75) is 12.5 Å². The van der Waals surface area contributed by atoms with E-state index in [2.05, 4.69) is 10.6 Å². The molecule has 162 valence electrons. The van der Waals surface area contributed by atoms with Crippen LogP contribution in [-0.4, -0.2) is 60.1 Å². The molecule has 31 heavy (non-hydrogen) atoms. The quantitative estimate of drug-likeness (QED) is 0.382. The molecule has 1 unspecified atom stereocenters. The topological polar surface area (TPSA) is 97.0 Å². The maximum Gasteiger partial charge on any atom is 0.308 e. The summed E-state index contributed by atoms with van der Waals surface area (Å²) in [5.41, 5.74) is 0.445. The molecule has 2 aromatic rings. The Kier molecular flexibility index (Phi) is 7.94. The molecular formula is C22H23N3O5S. The van der Waals surface area contributed by atoms with E-state index in [4.69, 9.17) is 21.7 Å². The smallest absolute Gasteiger partial charge is 0.308 e. The number of nitrogens with one attached hydrogen (secondary N) is 2. The number of para-hydroxylation sites is 1. The van der Waals surface area contributed by atoms with E-state index < -0.39 is 12.0 Å². The van der Waals surface area contributed by atoms with Crippen molar-refractivity contribution in [3.63, 3.8) is 0 Å². The van der Waals surface area contributed by atoms with Gasteiger partial charge in [-0.1, -0.05) is 36.4 Å². The van der Waals surface area contributed by atoms with Crippen molar-refractivity contribution >= 4 is 35.1 Å². The predicted octanol–water partition coefficient (Wildman–Crippen LogP) is 1.51. The number of carbonyl (C=O) groups is 3. The molecule has 3 rings (SSSR count). The summed E-state index contributed by atoms with van der Waals surface area (Å²) in [6.07, 6.45) is -0.196. The number of piperazine rings is 1. The molecule has 2 amide bonds. The lowest BCUT2D eigenvalue weighted by Crippen LogP contribution is -2.60. The normalized spacial score (nSPS) is 15.5. The number of thiocarbonyl (C=S) groups is 1. The molecule has 8 nitrogen and oxygen atoms in total. The van der Waals surface area contributed by atoms with Crippen molar-refractivity contribution in [3.05, 3.63) is 66.2 Å². The maximum atomic E-state index is 12.4. The zero-order valence-corrected chi connectivity index (χ0v) is 17.6. The minimum absolute atomic E-state index is 0.0528. The molecule has 9 heteroatoms. The molecule has 1 aliphatic heterocycles. The summed E-state index contributed by atoms with van der Waals surface area (Å²) in [5.74, 6) is -0.604. The number of rotatable bonds is 7. The third kappa shape index (κ3) is 6.51. The summed E-state index contributed by atoms with van der Waals surface area (Å²) < 4.78 is 10.7. The van der Waals surface area contributed by atoms with Crippen LogP contribution in [0.5, 0.6) is 5.75 Å². The van der Waals surface area contributed by atoms with Crippen molar-refractivity contribution < 1.29 is 23.9 Å². The second-order valence-corrected chi connectivity index (χ2v) is 7.10. The van der Waals surface area contributed by atoms with Gasteiger partial charge in [0.2, 0.25) is 5.91 Å². The van der Waals surface area contributed by atoms with Crippen molar-refractivity contribution in [2.75, 3.05) is 26.3 Å². The fourth-order valence-electron chi connectivity index (χ4n) is 3.04. The summed E-state index contributed by atoms with van der Waals surface area (Å²) >= 11 is 5.34. The molecule has 0 radical (unpaired) electrons. The Morgan fingerprint density at radius 2 is 1.74 bits per heavy atom. The molecule has 1 aliphatic rings. The van der Waals surface area contributed by atoms with Gasteiger partial charge in [-0.2, -0.15) is 0 Å². The van der Waals surface area contributed by atoms with Gasteiger partial charge in [0.1, 0.15) is 25.0 Å². The molecule has 2 N–H and O–H groups in total. The van der Waals surface area contributed by atoms with Gasteiger partial charge in [-0.3, -0.25) is 19.7 Å². The van der Waals surface area contributed by atoms with E-state index in [0.29, 0.717) is 24.4 Å². The largest absolute Gasteiger partial charge is 0.490 e. The third-order valence-corrected chi connectivity index (χ3v) is 4.90. The molecule has 0 spiro atoms. The van der Waals surface area contributed by atoms with Gasteiger partial charge in [0.05, 0.1) is 6.42 Å². The molecular weight excluding hydrogens is 418 g/mol. The summed E-state index contributed by atoms with van der Waals surface area (Å²) in [6.45, 7) is 0.977. The van der Waals surface area contributed by atoms with Gasteiger partial charge in [-0.15, -0.1) is 0 Å². The van der Waals surface area contributed by atoms with Crippen LogP contribution in [0.4, 0.5) is 0 Å². The van der Waals surface area contributed by atoms with Crippen LogP contribution in [0.25, 0.3) is 0 Å². The van der Waals surface area contributed by atoms with Crippen LogP contribution < -0.4 is 15.4 Å². The Morgan fingerprint density at radius 1 is 1.06 bits per heavy atom. The molecule has 1 fully saturated rings. The van der Waals surface area contributed by atoms with Gasteiger partial charge in [0.25, 0.3) is 5.91 Å². The fourth-order valence-corrected chi connectivity index (χ4v) is 3.35. The molecule has 1 saturated heterocycles. The zero-order chi connectivity index (χ0) is 22.1. The Labute approximate surface area is 185 Å². The molecule has 1 atom stereocenters. The van der Waals surface area contributed by atoms with Gasteiger partial charge >= 0.3 is 5.97 Å². The van der Waals surface area contributed by atoms with Crippen LogP contribution in [0.2, 0.25) is 0 Å². The van der Waals surface area contributed by atoms with Crippen molar-refractivity contribution in [3.8, 4) is 5.75 Å². The second-order valence-electron chi connectivity index (χ2n) is 6.71. The van der Waals surface area contributed by atoms with Gasteiger partial charge in [0, 0.05) is 18.7 Å². The van der Waals surface area contributed by atoms with E-state index in [1.54, 1.807) is 42.5 Å². The molecule has 0 bridgehead atoms. The number of benzene rings is 2. The van der Waals surface area contributed by atoms with Crippen LogP contribution in [0.1, 0.15) is 16.8 Å². The first-order valence-corrected chi connectivity index (χ1v) is 10.2. The summed E-state index contributed by atoms with van der Waals surface area (Å²) in [7, 11) is 0. The van der Waals surface area contributed by atoms with Crippen LogP contribution in [-0.2, 0) is 14.3 Å². The molecule has 0 aromatic heterocycles. The summed E-state index contributed by atoms with van der Waals surface area (Å²) in [4.78, 5) is 38.5. The number of ether oxygens (including phenoxy) is 2. The minimum Gasteiger partial charge on any atom is -0.490 e. The van der Waals surface area contributed by atoms with Crippen LogP contribution >= 0.6 is 12.2 Å². The van der Waals surface area contributed by atoms with E-state index in [9.17, 15) is 14.4 Å². The lowest BCUT2D eigenvalue weighted by Gasteiger charge is -2.36. The Balaban J connectivity index is 1.51. The van der Waals surface area contributed by atoms with Gasteiger partial charge < -0.3 is 19.7 Å². The maximum absolute atomic E-state index is 12.4. The number of hydrogen-bond acceptors (Lipinski definition) is 6. The average molecular weight is 442 g/mol. The third-order valence-electron chi connectivity index (χ3n) is 4.57. The number of carbonyl (C=O) groups excluding carboxylic acids is 3. The van der Waals surface area contributed by atoms with Crippen molar-refractivity contribution in [2.24, 2.45) is 0 Å². The highest BCUT2D eigenvalue weighted by Gasteiger charge is 2.34. The molecule has 0 aliphatic carbocycles. The Bertz CT molecular complexity index is 923. The van der Waals surface area contributed by atoms with E-state index in [-0.39, 0.29) is 36.6 Å². The van der Waals surface area contributed by atoms with Crippen LogP contribution in [0.15, 0.2) is 60.7 Å². The fraction of sp³-hybridized carbons (Fsp3) is 0.273. The second kappa shape index (κ2) is 11.1. The number of esters is 1. The van der Waals surface area contributed by atoms with Gasteiger partial charge in [0.15, 0.2) is 5.11 Å². The first-order valence-electron chi connectivity index (χ1n) is 9.83. The van der Waals surface area contributed by atoms with Crippen molar-refractivity contribution in [1.29, 1.82) is 0 Å². The Hall–Kier alpha value is -3.46. The average Bonchev–Trinajstić information content (AvgIpc) is 2.79. The van der Waals surface area contributed by atoms with Crippen LogP contribution in [0, 0.1) is 0 Å². The first-order chi connectivity index (χ1) is 15.0. The summed E-state index contributed by atoms with van der Waals surface area (Å²) in [6, 6.07) is 16.9. The van der Waals surface area contributed by atoms with Crippen molar-refractivity contribution in [1.82, 2.24) is 15.5 Å². The molecule has 2 aromatic carbocycles. The highest BCUT2D eigenvalue weighted by atomic mass is 32.1. The lowest BCUT2D eigenvalue weighted by atomic mass is 10.1. The number of amides is 2. The Morgan fingerprint density at radius 3 is 2.45 bits per heavy atom. The SMILES string of the molecule is O=C(CC1C(=O)NCCN1C(=S)NC(=O)c1ccccc1)OCCOc1ccccc1. The first kappa shape index (κ1) is 22.2. The predicted molar refractivity (Wildman–Crippen MR) is 118 cm³/mol. The zero-order valence-electron chi connectivity index (χ0n) is 16.8. The van der Waals surface area contributed by atoms with Gasteiger partial charge in [-0.25, -0.2) is 0 Å². The summed E-state index contributed by atoms with van der Waals surface area (Å²) in [5, 5.41) is 5.43. The highest BCUT2D eigenvalue weighted by Crippen LogP contribution is 2.12. The lowest BCUT2D eigenvalue weighted by molar-refractivity contribution is -0.148. The van der Waals surface area contributed by atoms with E-state index >= 15 is 0 Å².